The van der Waals surface area contributed by atoms with E-state index in [1.165, 1.54) is 0 Å². The average molecular weight is 284 g/mol. The van der Waals surface area contributed by atoms with Crippen molar-refractivity contribution in [3.05, 3.63) is 0 Å². The van der Waals surface area contributed by atoms with Gasteiger partial charge in [0.05, 0.1) is 6.10 Å². The maximum absolute atomic E-state index is 12.6. The lowest BCUT2D eigenvalue weighted by Gasteiger charge is -2.45. The second kappa shape index (κ2) is 6.57. The number of nitrogens with zero attached hydrogens (tertiary/aromatic N) is 1. The summed E-state index contributed by atoms with van der Waals surface area (Å²) < 4.78 is 5.27. The van der Waals surface area contributed by atoms with Gasteiger partial charge in [-0.15, -0.1) is 0 Å². The molecule has 116 valence electrons. The average Bonchev–Trinajstić information content (AvgIpc) is 2.33. The normalized spacial score (nSPS) is 25.6. The number of ether oxygens (including phenoxy) is 1. The van der Waals surface area contributed by atoms with E-state index in [-0.39, 0.29) is 23.3 Å². The van der Waals surface area contributed by atoms with Crippen LogP contribution in [0.1, 0.15) is 47.5 Å². The molecule has 3 unspecified atom stereocenters. The zero-order chi connectivity index (χ0) is 15.5. The Morgan fingerprint density at radius 2 is 1.95 bits per heavy atom. The van der Waals surface area contributed by atoms with Crippen LogP contribution < -0.4 is 5.32 Å². The van der Waals surface area contributed by atoms with E-state index < -0.39 is 12.1 Å². The number of carbonyl (C=O) groups excluding carboxylic acids is 2. The van der Waals surface area contributed by atoms with E-state index in [4.69, 9.17) is 4.74 Å². The van der Waals surface area contributed by atoms with Crippen LogP contribution in [0.15, 0.2) is 0 Å². The van der Waals surface area contributed by atoms with Gasteiger partial charge in [0.25, 0.3) is 0 Å². The number of amides is 2. The Labute approximate surface area is 122 Å². The fourth-order valence-corrected chi connectivity index (χ4v) is 2.67. The van der Waals surface area contributed by atoms with Crippen LogP contribution in [-0.2, 0) is 14.3 Å². The van der Waals surface area contributed by atoms with E-state index in [0.29, 0.717) is 13.0 Å². The molecule has 0 aliphatic carbocycles. The second-order valence-electron chi connectivity index (χ2n) is 6.66. The number of rotatable bonds is 5. The van der Waals surface area contributed by atoms with Crippen molar-refractivity contribution >= 4 is 11.8 Å². The van der Waals surface area contributed by atoms with E-state index in [0.717, 1.165) is 6.42 Å². The van der Waals surface area contributed by atoms with E-state index >= 15 is 0 Å². The minimum absolute atomic E-state index is 0.00951. The predicted octanol–water partition coefficient (Wildman–Crippen LogP) is 1.56. The Bertz CT molecular complexity index is 363. The Hall–Kier alpha value is -1.10. The number of carbonyl (C=O) groups is 2. The second-order valence-corrected chi connectivity index (χ2v) is 6.66. The van der Waals surface area contributed by atoms with Crippen LogP contribution in [0.25, 0.3) is 0 Å². The van der Waals surface area contributed by atoms with Crippen LogP contribution in [0.2, 0.25) is 0 Å². The molecule has 5 heteroatoms. The van der Waals surface area contributed by atoms with Crippen molar-refractivity contribution in [2.45, 2.75) is 65.6 Å². The van der Waals surface area contributed by atoms with Crippen molar-refractivity contribution < 1.29 is 14.3 Å². The van der Waals surface area contributed by atoms with Gasteiger partial charge in [0.15, 0.2) is 0 Å². The van der Waals surface area contributed by atoms with Crippen molar-refractivity contribution in [2.75, 3.05) is 13.7 Å². The third kappa shape index (κ3) is 3.72. The van der Waals surface area contributed by atoms with Gasteiger partial charge in [-0.2, -0.15) is 0 Å². The minimum atomic E-state index is -0.444. The van der Waals surface area contributed by atoms with Crippen molar-refractivity contribution in [3.8, 4) is 0 Å². The van der Waals surface area contributed by atoms with Crippen LogP contribution in [-0.4, -0.2) is 48.6 Å². The van der Waals surface area contributed by atoms with Gasteiger partial charge < -0.3 is 15.0 Å². The first-order valence-electron chi connectivity index (χ1n) is 7.36. The molecule has 1 aliphatic heterocycles. The summed E-state index contributed by atoms with van der Waals surface area (Å²) >= 11 is 0. The molecule has 0 saturated carbocycles. The van der Waals surface area contributed by atoms with Crippen molar-refractivity contribution in [3.63, 3.8) is 0 Å². The Morgan fingerprint density at radius 3 is 2.40 bits per heavy atom. The molecule has 1 heterocycles. The van der Waals surface area contributed by atoms with Crippen LogP contribution in [0, 0.1) is 5.41 Å². The first-order chi connectivity index (χ1) is 9.22. The Kier molecular flexibility index (Phi) is 5.57. The Morgan fingerprint density at radius 1 is 1.35 bits per heavy atom. The maximum Gasteiger partial charge on any atom is 0.245 e. The molecule has 2 amide bonds. The van der Waals surface area contributed by atoms with Crippen LogP contribution in [0.3, 0.4) is 0 Å². The molecule has 3 atom stereocenters. The van der Waals surface area contributed by atoms with E-state index in [2.05, 4.69) is 5.32 Å². The van der Waals surface area contributed by atoms with E-state index in [9.17, 15) is 9.59 Å². The number of methoxy groups -OCH3 is 1. The number of nitrogens with one attached hydrogen (secondary N) is 1. The quantitative estimate of drug-likeness (QED) is 0.833. The third-order valence-corrected chi connectivity index (χ3v) is 3.71. The summed E-state index contributed by atoms with van der Waals surface area (Å²) in [5.41, 5.74) is -0.301. The molecule has 1 rings (SSSR count). The molecule has 0 aromatic rings. The highest BCUT2D eigenvalue weighted by atomic mass is 16.5. The molecular weight excluding hydrogens is 256 g/mol. The number of hydrogen-bond donors (Lipinski definition) is 1. The van der Waals surface area contributed by atoms with Crippen molar-refractivity contribution in [1.82, 2.24) is 10.2 Å². The van der Waals surface area contributed by atoms with Gasteiger partial charge in [0.1, 0.15) is 12.1 Å². The molecular formula is C15H28N2O3. The highest BCUT2D eigenvalue weighted by Crippen LogP contribution is 2.28. The van der Waals surface area contributed by atoms with Crippen LogP contribution in [0.4, 0.5) is 0 Å². The molecule has 0 spiro atoms. The molecule has 20 heavy (non-hydrogen) atoms. The molecule has 5 nitrogen and oxygen atoms in total. The van der Waals surface area contributed by atoms with E-state index in [1.54, 1.807) is 12.0 Å². The van der Waals surface area contributed by atoms with Gasteiger partial charge in [-0.3, -0.25) is 9.59 Å². The zero-order valence-corrected chi connectivity index (χ0v) is 13.5. The summed E-state index contributed by atoms with van der Waals surface area (Å²) in [5.74, 6) is -0.0471. The molecule has 1 N–H and O–H groups in total. The third-order valence-electron chi connectivity index (χ3n) is 3.71. The maximum atomic E-state index is 12.6. The van der Waals surface area contributed by atoms with Crippen LogP contribution in [0.5, 0.6) is 0 Å². The molecule has 1 fully saturated rings. The lowest BCUT2D eigenvalue weighted by Crippen LogP contribution is -2.67. The summed E-state index contributed by atoms with van der Waals surface area (Å²) in [6.45, 7) is 10.3. The Balaban J connectivity index is 3.03. The lowest BCUT2D eigenvalue weighted by molar-refractivity contribution is -0.155. The molecule has 0 bridgehead atoms. The van der Waals surface area contributed by atoms with Gasteiger partial charge in [0.2, 0.25) is 11.8 Å². The number of hydrogen-bond acceptors (Lipinski definition) is 3. The highest BCUT2D eigenvalue weighted by Gasteiger charge is 2.45. The van der Waals surface area contributed by atoms with Crippen molar-refractivity contribution in [2.24, 2.45) is 5.41 Å². The first-order valence-corrected chi connectivity index (χ1v) is 7.36. The van der Waals surface area contributed by atoms with Crippen molar-refractivity contribution in [1.29, 1.82) is 0 Å². The highest BCUT2D eigenvalue weighted by molar-refractivity contribution is 5.97. The summed E-state index contributed by atoms with van der Waals surface area (Å²) in [7, 11) is 1.62. The molecule has 0 radical (unpaired) electrons. The summed E-state index contributed by atoms with van der Waals surface area (Å²) in [6.07, 6.45) is 1.46. The van der Waals surface area contributed by atoms with Gasteiger partial charge >= 0.3 is 0 Å². The summed E-state index contributed by atoms with van der Waals surface area (Å²) in [5, 5.41) is 2.87. The fraction of sp³-hybridized carbons (Fsp3) is 0.867. The van der Waals surface area contributed by atoms with E-state index in [1.807, 2.05) is 34.6 Å². The first kappa shape index (κ1) is 17.0. The smallest absolute Gasteiger partial charge is 0.245 e. The fourth-order valence-electron chi connectivity index (χ4n) is 2.67. The summed E-state index contributed by atoms with van der Waals surface area (Å²) in [4.78, 5) is 26.7. The van der Waals surface area contributed by atoms with Crippen LogP contribution >= 0.6 is 0 Å². The zero-order valence-electron chi connectivity index (χ0n) is 13.5. The standard InChI is InChI=1S/C15H28N2O3/c1-7-8-11-14(19)17(9-10(2)20-6)12(13(18)16-11)15(3,4)5/h10-12H,7-9H2,1-6H3,(H,16,18). The number of piperazine rings is 1. The topological polar surface area (TPSA) is 58.6 Å². The molecule has 1 aliphatic rings. The van der Waals surface area contributed by atoms with Gasteiger partial charge in [-0.1, -0.05) is 34.1 Å². The van der Waals surface area contributed by atoms with Gasteiger partial charge in [0, 0.05) is 13.7 Å². The van der Waals surface area contributed by atoms with Gasteiger partial charge in [-0.05, 0) is 18.8 Å². The molecule has 0 aromatic carbocycles. The molecule has 0 aromatic heterocycles. The molecule has 1 saturated heterocycles. The minimum Gasteiger partial charge on any atom is -0.380 e. The SMILES string of the molecule is CCCC1NC(=O)C(C(C)(C)C)N(CC(C)OC)C1=O. The largest absolute Gasteiger partial charge is 0.380 e. The lowest BCUT2D eigenvalue weighted by atomic mass is 9.82. The summed E-state index contributed by atoms with van der Waals surface area (Å²) in [6, 6.07) is -0.837. The monoisotopic (exact) mass is 284 g/mol. The predicted molar refractivity (Wildman–Crippen MR) is 78.3 cm³/mol. The van der Waals surface area contributed by atoms with Gasteiger partial charge in [-0.25, -0.2) is 0 Å².